The van der Waals surface area contributed by atoms with Gasteiger partial charge in [-0.25, -0.2) is 9.97 Å². The standard InChI is InChI=1S/C24H28N6O/c1-3-26-14-15-7-9-16(10-8-15)24-29-21(22-23(25)27-11-12-30(22)24)18-13-17-5-4-6-19(31-2)20(17)28-18/h3-6,11-13,15-16,26,28H,1,7-10,14H2,2H3,(H2,25,27)/t15-,16-. The van der Waals surface area contributed by atoms with Gasteiger partial charge >= 0.3 is 0 Å². The number of nitrogens with one attached hydrogen (secondary N) is 2. The highest BCUT2D eigenvalue weighted by Gasteiger charge is 2.27. The third kappa shape index (κ3) is 3.40. The Labute approximate surface area is 181 Å². The van der Waals surface area contributed by atoms with Crippen LogP contribution < -0.4 is 15.8 Å². The van der Waals surface area contributed by atoms with Gasteiger partial charge in [-0.3, -0.25) is 4.40 Å². The van der Waals surface area contributed by atoms with Crippen LogP contribution in [0, 0.1) is 5.92 Å². The Morgan fingerprint density at radius 1 is 1.32 bits per heavy atom. The van der Waals surface area contributed by atoms with Gasteiger partial charge in [-0.2, -0.15) is 0 Å². The summed E-state index contributed by atoms with van der Waals surface area (Å²) in [7, 11) is 1.68. The fourth-order valence-corrected chi connectivity index (χ4v) is 4.86. The highest BCUT2D eigenvalue weighted by atomic mass is 16.5. The molecule has 0 aliphatic heterocycles. The number of anilines is 1. The van der Waals surface area contributed by atoms with Crippen molar-refractivity contribution in [2.45, 2.75) is 31.6 Å². The number of aromatic nitrogens is 4. The number of hydrogen-bond donors (Lipinski definition) is 3. The van der Waals surface area contributed by atoms with Gasteiger partial charge in [0, 0.05) is 30.2 Å². The Hall–Kier alpha value is -3.48. The van der Waals surface area contributed by atoms with Gasteiger partial charge in [0.1, 0.15) is 28.6 Å². The third-order valence-corrected chi connectivity index (χ3v) is 6.47. The fraction of sp³-hybridized carbons (Fsp3) is 0.333. The number of nitrogens with two attached hydrogens (primary N) is 1. The normalized spacial score (nSPS) is 19.0. The lowest BCUT2D eigenvalue weighted by Crippen LogP contribution is -2.23. The van der Waals surface area contributed by atoms with Crippen LogP contribution in [0.1, 0.15) is 37.4 Å². The molecule has 7 heteroatoms. The van der Waals surface area contributed by atoms with E-state index in [0.717, 1.165) is 58.8 Å². The summed E-state index contributed by atoms with van der Waals surface area (Å²) in [5, 5.41) is 4.34. The molecule has 0 bridgehead atoms. The predicted molar refractivity (Wildman–Crippen MR) is 124 cm³/mol. The summed E-state index contributed by atoms with van der Waals surface area (Å²) < 4.78 is 7.65. The molecule has 1 aliphatic rings. The van der Waals surface area contributed by atoms with Crippen LogP contribution in [0.5, 0.6) is 5.75 Å². The number of nitrogens with zero attached hydrogens (tertiary/aromatic N) is 3. The SMILES string of the molecule is C=CNC[C@H]1CC[C@H](c2nc(-c3cc4cccc(OC)c4[nH]3)c3c(N)nccn32)CC1. The van der Waals surface area contributed by atoms with E-state index in [0.29, 0.717) is 17.7 Å². The highest BCUT2D eigenvalue weighted by molar-refractivity contribution is 5.93. The molecule has 0 saturated heterocycles. The van der Waals surface area contributed by atoms with Crippen LogP contribution in [-0.2, 0) is 0 Å². The van der Waals surface area contributed by atoms with Crippen LogP contribution in [0.2, 0.25) is 0 Å². The van der Waals surface area contributed by atoms with Gasteiger partial charge in [0.2, 0.25) is 0 Å². The molecule has 31 heavy (non-hydrogen) atoms. The molecule has 0 radical (unpaired) electrons. The van der Waals surface area contributed by atoms with Crippen LogP contribution in [0.4, 0.5) is 5.82 Å². The minimum absolute atomic E-state index is 0.405. The Morgan fingerprint density at radius 3 is 2.94 bits per heavy atom. The summed E-state index contributed by atoms with van der Waals surface area (Å²) in [5.41, 5.74) is 9.92. The van der Waals surface area contributed by atoms with Crippen LogP contribution in [-0.4, -0.2) is 33.0 Å². The highest BCUT2D eigenvalue weighted by Crippen LogP contribution is 2.39. The Balaban J connectivity index is 1.56. The molecule has 160 valence electrons. The molecule has 0 unspecified atom stereocenters. The molecular weight excluding hydrogens is 388 g/mol. The summed E-state index contributed by atoms with van der Waals surface area (Å²) in [6.45, 7) is 4.75. The van der Waals surface area contributed by atoms with E-state index in [1.165, 1.54) is 12.8 Å². The maximum absolute atomic E-state index is 6.34. The van der Waals surface area contributed by atoms with Crippen LogP contribution in [0.25, 0.3) is 27.8 Å². The molecule has 1 aliphatic carbocycles. The summed E-state index contributed by atoms with van der Waals surface area (Å²) in [6.07, 6.45) is 10.1. The van der Waals surface area contributed by atoms with Crippen molar-refractivity contribution in [1.29, 1.82) is 0 Å². The lowest BCUT2D eigenvalue weighted by atomic mass is 9.81. The number of H-pyrrole nitrogens is 1. The second kappa shape index (κ2) is 7.98. The molecule has 4 N–H and O–H groups in total. The first-order valence-corrected chi connectivity index (χ1v) is 10.8. The van der Waals surface area contributed by atoms with Crippen LogP contribution >= 0.6 is 0 Å². The average Bonchev–Trinajstić information content (AvgIpc) is 3.40. The van der Waals surface area contributed by atoms with Crippen LogP contribution in [0.3, 0.4) is 0 Å². The van der Waals surface area contributed by atoms with E-state index in [9.17, 15) is 0 Å². The van der Waals surface area contributed by atoms with Crippen molar-refractivity contribution in [3.05, 3.63) is 55.3 Å². The quantitative estimate of drug-likeness (QED) is 0.431. The van der Waals surface area contributed by atoms with Gasteiger partial charge in [-0.1, -0.05) is 18.7 Å². The Morgan fingerprint density at radius 2 is 2.16 bits per heavy atom. The first kappa shape index (κ1) is 19.5. The van der Waals surface area contributed by atoms with Crippen LogP contribution in [0.15, 0.2) is 49.4 Å². The molecular formula is C24H28N6O. The van der Waals surface area contributed by atoms with Crippen molar-refractivity contribution >= 4 is 22.2 Å². The molecule has 1 fully saturated rings. The molecule has 0 spiro atoms. The number of methoxy groups -OCH3 is 1. The average molecular weight is 417 g/mol. The number of fused-ring (bicyclic) bond motifs is 2. The number of rotatable bonds is 6. The third-order valence-electron chi connectivity index (χ3n) is 6.47. The second-order valence-corrected chi connectivity index (χ2v) is 8.29. The molecule has 1 saturated carbocycles. The van der Waals surface area contributed by atoms with Crippen molar-refractivity contribution in [2.24, 2.45) is 5.92 Å². The van der Waals surface area contributed by atoms with E-state index >= 15 is 0 Å². The summed E-state index contributed by atoms with van der Waals surface area (Å²) in [4.78, 5) is 13.0. The molecule has 0 amide bonds. The van der Waals surface area contributed by atoms with E-state index < -0.39 is 0 Å². The predicted octanol–water partition coefficient (Wildman–Crippen LogP) is 4.48. The molecule has 0 atom stereocenters. The maximum atomic E-state index is 6.34. The molecule has 5 rings (SSSR count). The van der Waals surface area contributed by atoms with Gasteiger partial charge < -0.3 is 20.8 Å². The second-order valence-electron chi connectivity index (χ2n) is 8.29. The fourth-order valence-electron chi connectivity index (χ4n) is 4.86. The minimum Gasteiger partial charge on any atom is -0.495 e. The maximum Gasteiger partial charge on any atom is 0.150 e. The lowest BCUT2D eigenvalue weighted by Gasteiger charge is -2.27. The molecule has 7 nitrogen and oxygen atoms in total. The van der Waals surface area contributed by atoms with Gasteiger partial charge in [0.15, 0.2) is 0 Å². The van der Waals surface area contributed by atoms with Gasteiger partial charge in [-0.15, -0.1) is 0 Å². The number of imidazole rings is 1. The summed E-state index contributed by atoms with van der Waals surface area (Å²) in [6, 6.07) is 8.12. The number of para-hydroxylation sites is 1. The topological polar surface area (TPSA) is 93.3 Å². The van der Waals surface area contributed by atoms with E-state index in [-0.39, 0.29) is 0 Å². The number of benzene rings is 1. The molecule has 3 aromatic heterocycles. The monoisotopic (exact) mass is 416 g/mol. The summed E-state index contributed by atoms with van der Waals surface area (Å²) >= 11 is 0. The molecule has 3 heterocycles. The van der Waals surface area contributed by atoms with Crippen molar-refractivity contribution < 1.29 is 4.74 Å². The van der Waals surface area contributed by atoms with E-state index in [1.54, 1.807) is 19.5 Å². The van der Waals surface area contributed by atoms with E-state index in [2.05, 4.69) is 38.4 Å². The van der Waals surface area contributed by atoms with Gasteiger partial charge in [-0.05, 0) is 49.9 Å². The zero-order chi connectivity index (χ0) is 21.4. The molecule has 4 aromatic rings. The van der Waals surface area contributed by atoms with Crippen molar-refractivity contribution in [1.82, 2.24) is 24.7 Å². The van der Waals surface area contributed by atoms with Gasteiger partial charge in [0.25, 0.3) is 0 Å². The number of hydrogen-bond acceptors (Lipinski definition) is 5. The Bertz CT molecular complexity index is 1230. The van der Waals surface area contributed by atoms with Crippen molar-refractivity contribution in [3.8, 4) is 17.1 Å². The van der Waals surface area contributed by atoms with Gasteiger partial charge in [0.05, 0.1) is 18.3 Å². The Kier molecular flexibility index (Phi) is 5.02. The van der Waals surface area contributed by atoms with Crippen molar-refractivity contribution in [2.75, 3.05) is 19.4 Å². The minimum atomic E-state index is 0.405. The molecule has 1 aromatic carbocycles. The first-order chi connectivity index (χ1) is 15.2. The van der Waals surface area contributed by atoms with Crippen molar-refractivity contribution in [3.63, 3.8) is 0 Å². The largest absolute Gasteiger partial charge is 0.495 e. The van der Waals surface area contributed by atoms with E-state index in [4.69, 9.17) is 15.5 Å². The first-order valence-electron chi connectivity index (χ1n) is 10.8. The zero-order valence-electron chi connectivity index (χ0n) is 17.8. The zero-order valence-corrected chi connectivity index (χ0v) is 17.8. The lowest BCUT2D eigenvalue weighted by molar-refractivity contribution is 0.316. The number of ether oxygens (including phenoxy) is 1. The number of aromatic amines is 1. The number of nitrogen functional groups attached to an aromatic ring is 1. The van der Waals surface area contributed by atoms with E-state index in [1.807, 2.05) is 18.3 Å². The summed E-state index contributed by atoms with van der Waals surface area (Å²) in [5.74, 6) is 3.46. The smallest absolute Gasteiger partial charge is 0.150 e.